The topological polar surface area (TPSA) is 50.6 Å². The van der Waals surface area contributed by atoms with E-state index in [0.717, 1.165) is 24.2 Å². The zero-order chi connectivity index (χ0) is 20.7. The first-order chi connectivity index (χ1) is 14.6. The van der Waals surface area contributed by atoms with E-state index in [1.807, 2.05) is 35.4 Å². The molecule has 1 fully saturated rings. The molecule has 2 aromatic heterocycles. The van der Waals surface area contributed by atoms with Crippen LogP contribution in [0, 0.1) is 5.82 Å². The number of hydrogen-bond acceptors (Lipinski definition) is 4. The van der Waals surface area contributed by atoms with E-state index in [-0.39, 0.29) is 23.8 Å². The van der Waals surface area contributed by atoms with E-state index in [0.29, 0.717) is 24.7 Å². The van der Waals surface area contributed by atoms with Crippen molar-refractivity contribution < 1.29 is 13.9 Å². The van der Waals surface area contributed by atoms with Crippen LogP contribution in [-0.2, 0) is 13.1 Å². The number of carbonyl (C=O) groups excluding carboxylic acids is 1. The standard InChI is InChI=1S/C23H23FN4O2/c1-30-22-17(4-2-10-25-22)13-26-14-20-21(15-26)28(12-16-6-8-18(24)9-7-16)23(29)19-5-3-11-27(19)20/h2-11,20-21H,12-15H2,1H3/t20-,21-/m0/s1. The van der Waals surface area contributed by atoms with Crippen molar-refractivity contribution in [2.24, 2.45) is 0 Å². The second-order valence-corrected chi connectivity index (χ2v) is 7.86. The van der Waals surface area contributed by atoms with Crippen molar-refractivity contribution in [3.8, 4) is 5.88 Å². The quantitative estimate of drug-likeness (QED) is 0.653. The van der Waals surface area contributed by atoms with E-state index in [4.69, 9.17) is 4.74 Å². The third-order valence-electron chi connectivity index (χ3n) is 6.05. The summed E-state index contributed by atoms with van der Waals surface area (Å²) in [5.41, 5.74) is 2.66. The summed E-state index contributed by atoms with van der Waals surface area (Å²) in [4.78, 5) is 21.8. The number of carbonyl (C=O) groups is 1. The Bertz CT molecular complexity index is 1070. The Morgan fingerprint density at radius 1 is 1.07 bits per heavy atom. The molecule has 0 saturated carbocycles. The maximum absolute atomic E-state index is 13.3. The molecule has 30 heavy (non-hydrogen) atoms. The molecule has 6 nitrogen and oxygen atoms in total. The molecule has 2 atom stereocenters. The van der Waals surface area contributed by atoms with E-state index in [1.54, 1.807) is 25.4 Å². The van der Waals surface area contributed by atoms with Crippen LogP contribution in [0.15, 0.2) is 60.9 Å². The number of fused-ring (bicyclic) bond motifs is 3. The van der Waals surface area contributed by atoms with Crippen molar-refractivity contribution in [1.29, 1.82) is 0 Å². The van der Waals surface area contributed by atoms with Crippen LogP contribution < -0.4 is 4.74 Å². The van der Waals surface area contributed by atoms with Gasteiger partial charge in [0.1, 0.15) is 11.5 Å². The average molecular weight is 406 g/mol. The van der Waals surface area contributed by atoms with Crippen molar-refractivity contribution in [2.45, 2.75) is 25.2 Å². The van der Waals surface area contributed by atoms with Gasteiger partial charge in [-0.2, -0.15) is 0 Å². The van der Waals surface area contributed by atoms with E-state index in [9.17, 15) is 9.18 Å². The second kappa shape index (κ2) is 7.57. The molecule has 4 heterocycles. The molecule has 1 aromatic carbocycles. The molecule has 0 N–H and O–H groups in total. The minimum atomic E-state index is -0.270. The highest BCUT2D eigenvalue weighted by atomic mass is 19.1. The highest BCUT2D eigenvalue weighted by molar-refractivity contribution is 5.94. The lowest BCUT2D eigenvalue weighted by Gasteiger charge is -2.38. The lowest BCUT2D eigenvalue weighted by atomic mass is 10.0. The molecule has 0 spiro atoms. The van der Waals surface area contributed by atoms with E-state index < -0.39 is 0 Å². The average Bonchev–Trinajstić information content (AvgIpc) is 3.40. The molecule has 2 aliphatic rings. The van der Waals surface area contributed by atoms with Crippen LogP contribution >= 0.6 is 0 Å². The van der Waals surface area contributed by atoms with Crippen LogP contribution in [0.25, 0.3) is 0 Å². The molecular formula is C23H23FN4O2. The number of nitrogens with zero attached hydrogens (tertiary/aromatic N) is 4. The Morgan fingerprint density at radius 3 is 2.67 bits per heavy atom. The first-order valence-corrected chi connectivity index (χ1v) is 10.1. The molecule has 0 bridgehead atoms. The number of ether oxygens (including phenoxy) is 1. The van der Waals surface area contributed by atoms with Gasteiger partial charge in [0.25, 0.3) is 5.91 Å². The molecule has 0 unspecified atom stereocenters. The highest BCUT2D eigenvalue weighted by Crippen LogP contribution is 2.35. The van der Waals surface area contributed by atoms with Crippen LogP contribution in [0.2, 0.25) is 0 Å². The smallest absolute Gasteiger partial charge is 0.271 e. The molecule has 5 rings (SSSR count). The maximum atomic E-state index is 13.3. The number of benzene rings is 1. The molecule has 7 heteroatoms. The van der Waals surface area contributed by atoms with E-state index in [2.05, 4.69) is 14.5 Å². The summed E-state index contributed by atoms with van der Waals surface area (Å²) in [7, 11) is 1.63. The lowest BCUT2D eigenvalue weighted by molar-refractivity contribution is 0.0556. The lowest BCUT2D eigenvalue weighted by Crippen LogP contribution is -2.49. The number of likely N-dealkylation sites (tertiary alicyclic amines) is 1. The van der Waals surface area contributed by atoms with Gasteiger partial charge in [-0.1, -0.05) is 18.2 Å². The monoisotopic (exact) mass is 406 g/mol. The first kappa shape index (κ1) is 18.8. The van der Waals surface area contributed by atoms with Crippen molar-refractivity contribution in [3.05, 3.63) is 83.6 Å². The van der Waals surface area contributed by atoms with Gasteiger partial charge in [0, 0.05) is 44.1 Å². The fourth-order valence-electron chi connectivity index (χ4n) is 4.66. The molecule has 154 valence electrons. The Labute approximate surface area is 174 Å². The molecule has 1 amide bonds. The van der Waals surface area contributed by atoms with Gasteiger partial charge >= 0.3 is 0 Å². The fourth-order valence-corrected chi connectivity index (χ4v) is 4.66. The van der Waals surface area contributed by atoms with Gasteiger partial charge in [-0.25, -0.2) is 9.37 Å². The van der Waals surface area contributed by atoms with Gasteiger partial charge in [-0.3, -0.25) is 9.69 Å². The SMILES string of the molecule is COc1ncccc1CN1C[C@H]2[C@H](C1)n1cccc1C(=O)N2Cc1ccc(F)cc1. The second-order valence-electron chi connectivity index (χ2n) is 7.86. The van der Waals surface area contributed by atoms with Crippen molar-refractivity contribution >= 4 is 5.91 Å². The predicted molar refractivity (Wildman–Crippen MR) is 110 cm³/mol. The summed E-state index contributed by atoms with van der Waals surface area (Å²) in [6.07, 6.45) is 3.72. The third kappa shape index (κ3) is 3.25. The number of rotatable bonds is 5. The molecular weight excluding hydrogens is 383 g/mol. The first-order valence-electron chi connectivity index (χ1n) is 10.1. The Morgan fingerprint density at radius 2 is 1.87 bits per heavy atom. The van der Waals surface area contributed by atoms with Crippen LogP contribution in [0.3, 0.4) is 0 Å². The van der Waals surface area contributed by atoms with E-state index in [1.165, 1.54) is 12.1 Å². The van der Waals surface area contributed by atoms with Gasteiger partial charge in [-0.15, -0.1) is 0 Å². The normalized spacial score (nSPS) is 20.9. The Balaban J connectivity index is 1.43. The zero-order valence-corrected chi connectivity index (χ0v) is 16.7. The minimum absolute atomic E-state index is 0.0198. The van der Waals surface area contributed by atoms with Gasteiger partial charge < -0.3 is 14.2 Å². The van der Waals surface area contributed by atoms with Crippen LogP contribution in [0.4, 0.5) is 4.39 Å². The zero-order valence-electron chi connectivity index (χ0n) is 16.7. The van der Waals surface area contributed by atoms with Gasteiger partial charge in [0.15, 0.2) is 0 Å². The number of pyridine rings is 1. The Kier molecular flexibility index (Phi) is 4.75. The van der Waals surface area contributed by atoms with E-state index >= 15 is 0 Å². The maximum Gasteiger partial charge on any atom is 0.271 e. The molecule has 0 radical (unpaired) electrons. The summed E-state index contributed by atoms with van der Waals surface area (Å²) in [5.74, 6) is 0.382. The molecule has 1 saturated heterocycles. The summed E-state index contributed by atoms with van der Waals surface area (Å²) in [6.45, 7) is 2.76. The number of hydrogen-bond donors (Lipinski definition) is 0. The fraction of sp³-hybridized carbons (Fsp3) is 0.304. The van der Waals surface area contributed by atoms with Crippen molar-refractivity contribution in [3.63, 3.8) is 0 Å². The highest BCUT2D eigenvalue weighted by Gasteiger charge is 2.44. The van der Waals surface area contributed by atoms with Gasteiger partial charge in [0.2, 0.25) is 5.88 Å². The number of methoxy groups -OCH3 is 1. The summed E-state index contributed by atoms with van der Waals surface area (Å²) in [6, 6.07) is 14.4. The number of halogens is 1. The van der Waals surface area contributed by atoms with Crippen LogP contribution in [-0.4, -0.2) is 51.5 Å². The Hall–Kier alpha value is -3.19. The number of amides is 1. The summed E-state index contributed by atoms with van der Waals surface area (Å²) in [5, 5.41) is 0. The van der Waals surface area contributed by atoms with Crippen molar-refractivity contribution in [1.82, 2.24) is 19.4 Å². The summed E-state index contributed by atoms with van der Waals surface area (Å²) < 4.78 is 20.8. The van der Waals surface area contributed by atoms with Crippen molar-refractivity contribution in [2.75, 3.05) is 20.2 Å². The predicted octanol–water partition coefficient (Wildman–Crippen LogP) is 3.11. The molecule has 0 aliphatic carbocycles. The largest absolute Gasteiger partial charge is 0.481 e. The molecule has 3 aromatic rings. The number of aromatic nitrogens is 2. The molecule has 2 aliphatic heterocycles. The van der Waals surface area contributed by atoms with Gasteiger partial charge in [-0.05, 0) is 35.9 Å². The van der Waals surface area contributed by atoms with Crippen LogP contribution in [0.1, 0.15) is 27.7 Å². The third-order valence-corrected chi connectivity index (χ3v) is 6.05. The summed E-state index contributed by atoms with van der Waals surface area (Å²) >= 11 is 0. The van der Waals surface area contributed by atoms with Gasteiger partial charge in [0.05, 0.1) is 19.2 Å². The van der Waals surface area contributed by atoms with Crippen LogP contribution in [0.5, 0.6) is 5.88 Å². The minimum Gasteiger partial charge on any atom is -0.481 e.